The molecule has 0 spiro atoms. The summed E-state index contributed by atoms with van der Waals surface area (Å²) in [6.45, 7) is 0. The van der Waals surface area contributed by atoms with E-state index >= 15 is 0 Å². The number of carboxylic acid groups (broad SMARTS) is 1. The van der Waals surface area contributed by atoms with Gasteiger partial charge in [-0.1, -0.05) is 30.3 Å². The van der Waals surface area contributed by atoms with Crippen LogP contribution in [-0.4, -0.2) is 19.5 Å². The molecule has 0 radical (unpaired) electrons. The third-order valence-electron chi connectivity index (χ3n) is 3.75. The van der Waals surface area contributed by atoms with Crippen LogP contribution in [0.15, 0.2) is 59.5 Å². The molecule has 2 aromatic carbocycles. The molecule has 1 saturated carbocycles. The van der Waals surface area contributed by atoms with Gasteiger partial charge in [-0.3, -0.25) is 9.52 Å². The van der Waals surface area contributed by atoms with Crippen molar-refractivity contribution >= 4 is 21.7 Å². The predicted molar refractivity (Wildman–Crippen MR) is 82.2 cm³/mol. The Hall–Kier alpha value is -2.34. The third kappa shape index (κ3) is 2.96. The fourth-order valence-corrected chi connectivity index (χ4v) is 3.51. The number of nitrogens with one attached hydrogen (secondary N) is 1. The molecule has 2 N–H and O–H groups in total. The van der Waals surface area contributed by atoms with Gasteiger partial charge in [0.05, 0.1) is 10.8 Å². The monoisotopic (exact) mass is 317 g/mol. The van der Waals surface area contributed by atoms with Crippen molar-refractivity contribution < 1.29 is 18.3 Å². The lowest BCUT2D eigenvalue weighted by Gasteiger charge is -2.08. The lowest BCUT2D eigenvalue weighted by Crippen LogP contribution is -2.12. The summed E-state index contributed by atoms with van der Waals surface area (Å²) in [6, 6.07) is 15.1. The summed E-state index contributed by atoms with van der Waals surface area (Å²) in [5, 5.41) is 8.93. The van der Waals surface area contributed by atoms with Gasteiger partial charge in [-0.15, -0.1) is 0 Å². The van der Waals surface area contributed by atoms with E-state index in [4.69, 9.17) is 5.11 Å². The molecule has 22 heavy (non-hydrogen) atoms. The van der Waals surface area contributed by atoms with Gasteiger partial charge in [0.1, 0.15) is 0 Å². The van der Waals surface area contributed by atoms with Crippen LogP contribution >= 0.6 is 0 Å². The minimum Gasteiger partial charge on any atom is -0.481 e. The van der Waals surface area contributed by atoms with Crippen molar-refractivity contribution in [2.45, 2.75) is 17.2 Å². The summed E-state index contributed by atoms with van der Waals surface area (Å²) >= 11 is 0. The Balaban J connectivity index is 1.76. The largest absolute Gasteiger partial charge is 0.481 e. The number of hydrogen-bond acceptors (Lipinski definition) is 3. The van der Waals surface area contributed by atoms with E-state index in [2.05, 4.69) is 4.72 Å². The van der Waals surface area contributed by atoms with Crippen molar-refractivity contribution in [3.05, 3.63) is 60.2 Å². The van der Waals surface area contributed by atoms with Crippen LogP contribution in [0.1, 0.15) is 17.9 Å². The highest BCUT2D eigenvalue weighted by atomic mass is 32.2. The van der Waals surface area contributed by atoms with Gasteiger partial charge < -0.3 is 5.11 Å². The topological polar surface area (TPSA) is 83.5 Å². The van der Waals surface area contributed by atoms with E-state index in [1.165, 1.54) is 12.1 Å². The summed E-state index contributed by atoms with van der Waals surface area (Å²) in [5.41, 5.74) is 1.37. The first-order chi connectivity index (χ1) is 10.5. The number of anilines is 1. The Morgan fingerprint density at radius 2 is 1.68 bits per heavy atom. The quantitative estimate of drug-likeness (QED) is 0.888. The van der Waals surface area contributed by atoms with E-state index in [1.807, 2.05) is 0 Å². The Morgan fingerprint density at radius 1 is 1.05 bits per heavy atom. The molecule has 0 unspecified atom stereocenters. The molecule has 2 aromatic rings. The SMILES string of the molecule is O=C(O)[C@@H]1C[C@H]1c1ccc(S(=O)(=O)Nc2ccccc2)cc1. The minimum atomic E-state index is -3.63. The van der Waals surface area contributed by atoms with Crippen LogP contribution in [0.3, 0.4) is 0 Å². The number of para-hydroxylation sites is 1. The van der Waals surface area contributed by atoms with E-state index in [1.54, 1.807) is 42.5 Å². The van der Waals surface area contributed by atoms with Crippen LogP contribution in [-0.2, 0) is 14.8 Å². The Morgan fingerprint density at radius 3 is 2.23 bits per heavy atom. The van der Waals surface area contributed by atoms with Crippen molar-refractivity contribution in [3.8, 4) is 0 Å². The zero-order chi connectivity index (χ0) is 15.7. The van der Waals surface area contributed by atoms with Crippen molar-refractivity contribution in [2.75, 3.05) is 4.72 Å². The van der Waals surface area contributed by atoms with Gasteiger partial charge in [-0.25, -0.2) is 8.42 Å². The second kappa shape index (κ2) is 5.46. The number of rotatable bonds is 5. The highest BCUT2D eigenvalue weighted by Gasteiger charge is 2.44. The lowest BCUT2D eigenvalue weighted by molar-refractivity contribution is -0.138. The fourth-order valence-electron chi connectivity index (χ4n) is 2.45. The molecule has 114 valence electrons. The Kier molecular flexibility index (Phi) is 3.62. The van der Waals surface area contributed by atoms with Crippen LogP contribution < -0.4 is 4.72 Å². The summed E-state index contributed by atoms with van der Waals surface area (Å²) < 4.78 is 27.0. The predicted octanol–water partition coefficient (Wildman–Crippen LogP) is 2.68. The normalized spacial score (nSPS) is 20.4. The summed E-state index contributed by atoms with van der Waals surface area (Å²) in [4.78, 5) is 11.0. The Labute approximate surface area is 128 Å². The van der Waals surface area contributed by atoms with Crippen molar-refractivity contribution in [1.29, 1.82) is 0 Å². The standard InChI is InChI=1S/C16H15NO4S/c18-16(19)15-10-14(15)11-6-8-13(9-7-11)22(20,21)17-12-4-2-1-3-5-12/h1-9,14-15,17H,10H2,(H,18,19)/t14-,15+/m0/s1. The van der Waals surface area contributed by atoms with Gasteiger partial charge in [0.15, 0.2) is 0 Å². The van der Waals surface area contributed by atoms with E-state index < -0.39 is 16.0 Å². The van der Waals surface area contributed by atoms with Crippen LogP contribution in [0.5, 0.6) is 0 Å². The molecule has 0 bridgehead atoms. The maximum Gasteiger partial charge on any atom is 0.307 e. The first kappa shape index (κ1) is 14.6. The highest BCUT2D eigenvalue weighted by Crippen LogP contribution is 2.47. The molecular formula is C16H15NO4S. The van der Waals surface area contributed by atoms with E-state index in [0.29, 0.717) is 12.1 Å². The van der Waals surface area contributed by atoms with Crippen molar-refractivity contribution in [1.82, 2.24) is 0 Å². The Bertz CT molecular complexity index is 785. The van der Waals surface area contributed by atoms with Crippen LogP contribution in [0.4, 0.5) is 5.69 Å². The van der Waals surface area contributed by atoms with Gasteiger partial charge in [0, 0.05) is 5.69 Å². The molecule has 2 atom stereocenters. The lowest BCUT2D eigenvalue weighted by atomic mass is 10.1. The average Bonchev–Trinajstić information content (AvgIpc) is 3.29. The number of sulfonamides is 1. The summed E-state index contributed by atoms with van der Waals surface area (Å²) in [7, 11) is -3.63. The van der Waals surface area contributed by atoms with Gasteiger partial charge in [-0.05, 0) is 42.2 Å². The van der Waals surface area contributed by atoms with Gasteiger partial charge in [0.2, 0.25) is 0 Å². The summed E-state index contributed by atoms with van der Waals surface area (Å²) in [5.74, 6) is -1.14. The number of hydrogen-bond donors (Lipinski definition) is 2. The molecule has 3 rings (SSSR count). The van der Waals surface area contributed by atoms with Gasteiger partial charge >= 0.3 is 5.97 Å². The van der Waals surface area contributed by atoms with E-state index in [-0.39, 0.29) is 16.7 Å². The van der Waals surface area contributed by atoms with Crippen LogP contribution in [0.25, 0.3) is 0 Å². The second-order valence-electron chi connectivity index (χ2n) is 5.33. The number of benzene rings is 2. The third-order valence-corrected chi connectivity index (χ3v) is 5.15. The second-order valence-corrected chi connectivity index (χ2v) is 7.01. The number of carbonyl (C=O) groups is 1. The molecular weight excluding hydrogens is 302 g/mol. The molecule has 5 nitrogen and oxygen atoms in total. The highest BCUT2D eigenvalue weighted by molar-refractivity contribution is 7.92. The molecule has 0 amide bonds. The summed E-state index contributed by atoms with van der Waals surface area (Å²) in [6.07, 6.45) is 0.615. The van der Waals surface area contributed by atoms with Gasteiger partial charge in [-0.2, -0.15) is 0 Å². The first-order valence-electron chi connectivity index (χ1n) is 6.88. The molecule has 0 aromatic heterocycles. The van der Waals surface area contributed by atoms with E-state index in [0.717, 1.165) is 5.56 Å². The van der Waals surface area contributed by atoms with Crippen molar-refractivity contribution in [2.24, 2.45) is 5.92 Å². The smallest absolute Gasteiger partial charge is 0.307 e. The number of carboxylic acids is 1. The zero-order valence-corrected chi connectivity index (χ0v) is 12.5. The number of aliphatic carboxylic acids is 1. The molecule has 0 saturated heterocycles. The zero-order valence-electron chi connectivity index (χ0n) is 11.6. The van der Waals surface area contributed by atoms with Crippen LogP contribution in [0.2, 0.25) is 0 Å². The van der Waals surface area contributed by atoms with Crippen LogP contribution in [0, 0.1) is 5.92 Å². The van der Waals surface area contributed by atoms with Gasteiger partial charge in [0.25, 0.3) is 10.0 Å². The molecule has 0 aliphatic heterocycles. The first-order valence-corrected chi connectivity index (χ1v) is 8.36. The molecule has 1 fully saturated rings. The fraction of sp³-hybridized carbons (Fsp3) is 0.188. The molecule has 1 aliphatic carbocycles. The maximum atomic E-state index is 12.3. The minimum absolute atomic E-state index is 0.00339. The molecule has 1 aliphatic rings. The van der Waals surface area contributed by atoms with E-state index in [9.17, 15) is 13.2 Å². The molecule has 6 heteroatoms. The molecule has 0 heterocycles. The average molecular weight is 317 g/mol. The maximum absolute atomic E-state index is 12.3. The van der Waals surface area contributed by atoms with Crippen molar-refractivity contribution in [3.63, 3.8) is 0 Å².